The minimum Gasteiger partial charge on any atom is -0.311 e. The largest absolute Gasteiger partial charge is 0.311 e. The van der Waals surface area contributed by atoms with Crippen LogP contribution in [0, 0.1) is 0 Å². The second-order valence-electron chi connectivity index (χ2n) is 3.93. The predicted molar refractivity (Wildman–Crippen MR) is 51.2 cm³/mol. The Morgan fingerprint density at radius 3 is 3.17 bits per heavy atom. The number of nitrogens with one attached hydrogen (secondary N) is 2. The third kappa shape index (κ3) is 1.54. The van der Waals surface area contributed by atoms with Gasteiger partial charge in [0.2, 0.25) is 0 Å². The number of rotatable bonds is 3. The Balaban J connectivity index is 1.85. The first-order valence-corrected chi connectivity index (χ1v) is 5.00. The highest BCUT2D eigenvalue weighted by atomic mass is 15.1. The van der Waals surface area contributed by atoms with E-state index in [1.807, 2.05) is 6.08 Å². The molecule has 0 radical (unpaired) electrons. The van der Waals surface area contributed by atoms with Crippen molar-refractivity contribution in [2.24, 2.45) is 0 Å². The average Bonchev–Trinajstić information content (AvgIpc) is 2.48. The van der Waals surface area contributed by atoms with Crippen LogP contribution in [0.15, 0.2) is 12.7 Å². The van der Waals surface area contributed by atoms with Gasteiger partial charge in [0.15, 0.2) is 0 Å². The fraction of sp³-hybridized carbons (Fsp3) is 0.800. The maximum absolute atomic E-state index is 3.76. The summed E-state index contributed by atoms with van der Waals surface area (Å²) in [7, 11) is 0. The molecule has 68 valence electrons. The topological polar surface area (TPSA) is 24.1 Å². The molecule has 2 saturated heterocycles. The van der Waals surface area contributed by atoms with Gasteiger partial charge in [0.25, 0.3) is 0 Å². The van der Waals surface area contributed by atoms with Crippen molar-refractivity contribution < 1.29 is 0 Å². The second-order valence-corrected chi connectivity index (χ2v) is 3.93. The summed E-state index contributed by atoms with van der Waals surface area (Å²) < 4.78 is 0. The minimum absolute atomic E-state index is 0.696. The van der Waals surface area contributed by atoms with E-state index in [0.717, 1.165) is 25.0 Å². The SMILES string of the molecule is C=CCC[C@@H]1NC[C@H]2CC[C@@H]1N2. The van der Waals surface area contributed by atoms with Crippen LogP contribution >= 0.6 is 0 Å². The van der Waals surface area contributed by atoms with E-state index in [1.165, 1.54) is 19.3 Å². The molecule has 0 aromatic heterocycles. The van der Waals surface area contributed by atoms with E-state index in [1.54, 1.807) is 0 Å². The van der Waals surface area contributed by atoms with Crippen molar-refractivity contribution in [3.63, 3.8) is 0 Å². The van der Waals surface area contributed by atoms with Crippen molar-refractivity contribution >= 4 is 0 Å². The maximum atomic E-state index is 3.76. The van der Waals surface area contributed by atoms with Gasteiger partial charge < -0.3 is 10.6 Å². The van der Waals surface area contributed by atoms with Crippen LogP contribution in [-0.2, 0) is 0 Å². The van der Waals surface area contributed by atoms with Crippen LogP contribution in [-0.4, -0.2) is 24.7 Å². The lowest BCUT2D eigenvalue weighted by molar-refractivity contribution is 0.318. The molecule has 12 heavy (non-hydrogen) atoms. The number of fused-ring (bicyclic) bond motifs is 2. The summed E-state index contributed by atoms with van der Waals surface area (Å²) in [6.07, 6.45) is 7.12. The molecule has 2 heterocycles. The fourth-order valence-electron chi connectivity index (χ4n) is 2.37. The summed E-state index contributed by atoms with van der Waals surface area (Å²) in [5.41, 5.74) is 0. The number of hydrogen-bond acceptors (Lipinski definition) is 2. The van der Waals surface area contributed by atoms with Gasteiger partial charge in [0, 0.05) is 24.7 Å². The van der Waals surface area contributed by atoms with E-state index in [0.29, 0.717) is 6.04 Å². The first-order valence-electron chi connectivity index (χ1n) is 5.00. The van der Waals surface area contributed by atoms with Crippen LogP contribution in [0.5, 0.6) is 0 Å². The summed E-state index contributed by atoms with van der Waals surface area (Å²) in [5, 5.41) is 7.26. The Morgan fingerprint density at radius 2 is 2.33 bits per heavy atom. The highest BCUT2D eigenvalue weighted by Gasteiger charge is 2.33. The molecule has 2 N–H and O–H groups in total. The standard InChI is InChI=1S/C10H18N2/c1-2-3-4-9-10-6-5-8(12-10)7-11-9/h2,8-12H,1,3-7H2/t8-,9+,10+/m1/s1. The maximum Gasteiger partial charge on any atom is 0.0225 e. The van der Waals surface area contributed by atoms with E-state index in [9.17, 15) is 0 Å². The second kappa shape index (κ2) is 3.58. The lowest BCUT2D eigenvalue weighted by atomic mass is 10.0. The highest BCUT2D eigenvalue weighted by molar-refractivity contribution is 4.98. The number of allylic oxidation sites excluding steroid dienone is 1. The molecule has 0 aromatic carbocycles. The van der Waals surface area contributed by atoms with Crippen LogP contribution in [0.25, 0.3) is 0 Å². The zero-order valence-corrected chi connectivity index (χ0v) is 7.55. The lowest BCUT2D eigenvalue weighted by Gasteiger charge is -2.31. The van der Waals surface area contributed by atoms with Crippen LogP contribution in [0.2, 0.25) is 0 Å². The molecule has 3 atom stereocenters. The Bertz CT molecular complexity index is 167. The zero-order chi connectivity index (χ0) is 8.39. The van der Waals surface area contributed by atoms with Gasteiger partial charge in [-0.1, -0.05) is 6.08 Å². The van der Waals surface area contributed by atoms with Gasteiger partial charge in [-0.25, -0.2) is 0 Å². The quantitative estimate of drug-likeness (QED) is 0.612. The Morgan fingerprint density at radius 1 is 1.42 bits per heavy atom. The van der Waals surface area contributed by atoms with Gasteiger partial charge in [-0.3, -0.25) is 0 Å². The summed E-state index contributed by atoms with van der Waals surface area (Å²) in [5.74, 6) is 0. The van der Waals surface area contributed by atoms with Gasteiger partial charge in [-0.2, -0.15) is 0 Å². The van der Waals surface area contributed by atoms with Gasteiger partial charge in [-0.15, -0.1) is 6.58 Å². The summed E-state index contributed by atoms with van der Waals surface area (Å²) in [6.45, 7) is 4.92. The van der Waals surface area contributed by atoms with E-state index in [4.69, 9.17) is 0 Å². The van der Waals surface area contributed by atoms with Crippen molar-refractivity contribution in [3.05, 3.63) is 12.7 Å². The Hall–Kier alpha value is -0.340. The van der Waals surface area contributed by atoms with Crippen LogP contribution in [0.3, 0.4) is 0 Å². The van der Waals surface area contributed by atoms with Crippen molar-refractivity contribution in [2.45, 2.75) is 43.8 Å². The minimum atomic E-state index is 0.696. The van der Waals surface area contributed by atoms with Gasteiger partial charge >= 0.3 is 0 Å². The van der Waals surface area contributed by atoms with Crippen molar-refractivity contribution in [1.82, 2.24) is 10.6 Å². The molecule has 2 heteroatoms. The Labute approximate surface area is 74.4 Å². The molecular formula is C10H18N2. The molecule has 2 bridgehead atoms. The normalized spacial score (nSPS) is 39.8. The molecule has 2 fully saturated rings. The number of hydrogen-bond donors (Lipinski definition) is 2. The molecule has 0 spiro atoms. The van der Waals surface area contributed by atoms with Gasteiger partial charge in [0.05, 0.1) is 0 Å². The Kier molecular flexibility index (Phi) is 2.47. The molecule has 2 aliphatic rings. The smallest absolute Gasteiger partial charge is 0.0225 e. The van der Waals surface area contributed by atoms with Crippen LogP contribution < -0.4 is 10.6 Å². The zero-order valence-electron chi connectivity index (χ0n) is 7.55. The highest BCUT2D eigenvalue weighted by Crippen LogP contribution is 2.21. The summed E-state index contributed by atoms with van der Waals surface area (Å²) in [4.78, 5) is 0. The molecule has 0 amide bonds. The van der Waals surface area contributed by atoms with Crippen LogP contribution in [0.4, 0.5) is 0 Å². The monoisotopic (exact) mass is 166 g/mol. The van der Waals surface area contributed by atoms with Crippen LogP contribution in [0.1, 0.15) is 25.7 Å². The molecule has 0 aliphatic carbocycles. The molecule has 0 unspecified atom stereocenters. The predicted octanol–water partition coefficient (Wildman–Crippen LogP) is 1.04. The summed E-state index contributed by atoms with van der Waals surface area (Å²) >= 11 is 0. The first kappa shape index (κ1) is 8.27. The molecule has 2 aliphatic heterocycles. The molecular weight excluding hydrogens is 148 g/mol. The lowest BCUT2D eigenvalue weighted by Crippen LogP contribution is -2.55. The average molecular weight is 166 g/mol. The van der Waals surface area contributed by atoms with Crippen molar-refractivity contribution in [2.75, 3.05) is 6.54 Å². The summed E-state index contributed by atoms with van der Waals surface area (Å²) in [6, 6.07) is 2.19. The van der Waals surface area contributed by atoms with Gasteiger partial charge in [0.1, 0.15) is 0 Å². The molecule has 2 nitrogen and oxygen atoms in total. The first-order chi connectivity index (χ1) is 5.90. The fourth-order valence-corrected chi connectivity index (χ4v) is 2.37. The van der Waals surface area contributed by atoms with Crippen molar-refractivity contribution in [3.8, 4) is 0 Å². The van der Waals surface area contributed by atoms with E-state index in [2.05, 4.69) is 17.2 Å². The van der Waals surface area contributed by atoms with E-state index in [-0.39, 0.29) is 0 Å². The molecule has 2 rings (SSSR count). The molecule has 0 saturated carbocycles. The van der Waals surface area contributed by atoms with E-state index >= 15 is 0 Å². The molecule has 0 aromatic rings. The third-order valence-electron chi connectivity index (χ3n) is 3.07. The van der Waals surface area contributed by atoms with E-state index < -0.39 is 0 Å². The van der Waals surface area contributed by atoms with Gasteiger partial charge in [-0.05, 0) is 25.7 Å². The van der Waals surface area contributed by atoms with Crippen molar-refractivity contribution in [1.29, 1.82) is 0 Å². The third-order valence-corrected chi connectivity index (χ3v) is 3.07. The number of piperazine rings is 1.